The van der Waals surface area contributed by atoms with Gasteiger partial charge in [-0.3, -0.25) is 9.59 Å². The zero-order valence-electron chi connectivity index (χ0n) is 15.8. The first-order valence-electron chi connectivity index (χ1n) is 9.47. The maximum absolute atomic E-state index is 12.7. The molecule has 3 N–H and O–H groups in total. The van der Waals surface area contributed by atoms with E-state index in [0.29, 0.717) is 13.0 Å². The molecule has 1 aromatic carbocycles. The maximum Gasteiger partial charge on any atom is 0.266 e. The van der Waals surface area contributed by atoms with Gasteiger partial charge < -0.3 is 15.0 Å². The number of amides is 2. The summed E-state index contributed by atoms with van der Waals surface area (Å²) in [6, 6.07) is 7.13. The first-order valence-corrected chi connectivity index (χ1v) is 9.47. The van der Waals surface area contributed by atoms with Crippen molar-refractivity contribution in [2.45, 2.75) is 51.9 Å². The predicted molar refractivity (Wildman–Crippen MR) is 102 cm³/mol. The summed E-state index contributed by atoms with van der Waals surface area (Å²) in [7, 11) is 0. The molecule has 0 spiro atoms. The van der Waals surface area contributed by atoms with Crippen molar-refractivity contribution in [1.29, 1.82) is 0 Å². The SMILES string of the molecule is CC(C)C(=O)NC(Cc1c[nH]c2ccccc12)C(=O)NOC1CCCCO1. The maximum atomic E-state index is 12.7. The molecular weight excluding hydrogens is 346 g/mol. The number of aromatic nitrogens is 1. The molecule has 2 unspecified atom stereocenters. The number of ether oxygens (including phenoxy) is 1. The van der Waals surface area contributed by atoms with Gasteiger partial charge in [-0.2, -0.15) is 0 Å². The lowest BCUT2D eigenvalue weighted by Gasteiger charge is -2.24. The van der Waals surface area contributed by atoms with Crippen molar-refractivity contribution in [2.24, 2.45) is 5.92 Å². The summed E-state index contributed by atoms with van der Waals surface area (Å²) >= 11 is 0. The van der Waals surface area contributed by atoms with Crippen LogP contribution in [0.4, 0.5) is 0 Å². The zero-order valence-corrected chi connectivity index (χ0v) is 15.8. The number of benzene rings is 1. The van der Waals surface area contributed by atoms with E-state index in [0.717, 1.165) is 35.7 Å². The minimum Gasteiger partial charge on any atom is -0.361 e. The van der Waals surface area contributed by atoms with Gasteiger partial charge in [-0.1, -0.05) is 32.0 Å². The summed E-state index contributed by atoms with van der Waals surface area (Å²) in [4.78, 5) is 33.5. The van der Waals surface area contributed by atoms with Crippen LogP contribution in [0.2, 0.25) is 0 Å². The summed E-state index contributed by atoms with van der Waals surface area (Å²) in [5, 5.41) is 3.85. The minimum atomic E-state index is -0.734. The van der Waals surface area contributed by atoms with Gasteiger partial charge in [-0.05, 0) is 24.5 Å². The van der Waals surface area contributed by atoms with E-state index in [2.05, 4.69) is 15.8 Å². The topological polar surface area (TPSA) is 92.5 Å². The van der Waals surface area contributed by atoms with E-state index in [1.165, 1.54) is 0 Å². The highest BCUT2D eigenvalue weighted by atomic mass is 16.8. The number of nitrogens with one attached hydrogen (secondary N) is 3. The molecule has 1 aliphatic heterocycles. The number of hydrogen-bond acceptors (Lipinski definition) is 4. The third-order valence-electron chi connectivity index (χ3n) is 4.69. The second kappa shape index (κ2) is 9.01. The van der Waals surface area contributed by atoms with Gasteiger partial charge in [0.25, 0.3) is 5.91 Å². The molecule has 7 heteroatoms. The quantitative estimate of drug-likeness (QED) is 0.650. The van der Waals surface area contributed by atoms with Crippen molar-refractivity contribution < 1.29 is 19.2 Å². The Morgan fingerprint density at radius 1 is 1.26 bits per heavy atom. The Labute approximate surface area is 158 Å². The van der Waals surface area contributed by atoms with Crippen molar-refractivity contribution in [1.82, 2.24) is 15.8 Å². The Morgan fingerprint density at radius 3 is 2.81 bits per heavy atom. The fourth-order valence-electron chi connectivity index (χ4n) is 3.07. The summed E-state index contributed by atoms with van der Waals surface area (Å²) in [6.45, 7) is 4.22. The van der Waals surface area contributed by atoms with Crippen LogP contribution in [0.5, 0.6) is 0 Å². The van der Waals surface area contributed by atoms with Gasteiger partial charge in [-0.25, -0.2) is 10.3 Å². The van der Waals surface area contributed by atoms with Crippen LogP contribution in [-0.4, -0.2) is 35.7 Å². The number of fused-ring (bicyclic) bond motifs is 1. The number of rotatable bonds is 7. The average Bonchev–Trinajstić information content (AvgIpc) is 3.09. The number of para-hydroxylation sites is 1. The smallest absolute Gasteiger partial charge is 0.266 e. The van der Waals surface area contributed by atoms with Crippen LogP contribution in [0.25, 0.3) is 10.9 Å². The van der Waals surface area contributed by atoms with E-state index in [-0.39, 0.29) is 17.7 Å². The minimum absolute atomic E-state index is 0.177. The van der Waals surface area contributed by atoms with Crippen molar-refractivity contribution >= 4 is 22.7 Å². The molecule has 3 rings (SSSR count). The summed E-state index contributed by atoms with van der Waals surface area (Å²) in [6.07, 6.45) is 4.55. The number of H-pyrrole nitrogens is 1. The number of aromatic amines is 1. The summed E-state index contributed by atoms with van der Waals surface area (Å²) < 4.78 is 5.46. The Hall–Kier alpha value is -2.38. The number of carbonyl (C=O) groups excluding carboxylic acids is 2. The van der Waals surface area contributed by atoms with Gasteiger partial charge in [-0.15, -0.1) is 0 Å². The molecule has 0 radical (unpaired) electrons. The highest BCUT2D eigenvalue weighted by molar-refractivity contribution is 5.89. The molecule has 27 heavy (non-hydrogen) atoms. The first-order chi connectivity index (χ1) is 13.0. The first kappa shape index (κ1) is 19.4. The van der Waals surface area contributed by atoms with Crippen LogP contribution in [-0.2, 0) is 25.6 Å². The molecule has 0 aliphatic carbocycles. The lowest BCUT2D eigenvalue weighted by atomic mass is 10.0. The van der Waals surface area contributed by atoms with E-state index in [9.17, 15) is 9.59 Å². The van der Waals surface area contributed by atoms with Gasteiger partial charge in [0.2, 0.25) is 5.91 Å². The van der Waals surface area contributed by atoms with E-state index in [4.69, 9.17) is 9.57 Å². The summed E-state index contributed by atoms with van der Waals surface area (Å²) in [5.74, 6) is -0.779. The Bertz CT molecular complexity index is 780. The molecule has 1 fully saturated rings. The largest absolute Gasteiger partial charge is 0.361 e. The molecule has 2 atom stereocenters. The Balaban J connectivity index is 1.69. The van der Waals surface area contributed by atoms with Crippen molar-refractivity contribution in [3.8, 4) is 0 Å². The van der Waals surface area contributed by atoms with Gasteiger partial charge in [0.15, 0.2) is 6.29 Å². The normalized spacial score (nSPS) is 18.4. The Kier molecular flexibility index (Phi) is 6.47. The second-order valence-electron chi connectivity index (χ2n) is 7.16. The van der Waals surface area contributed by atoms with Crippen LogP contribution < -0.4 is 10.8 Å². The third kappa shape index (κ3) is 5.08. The zero-order chi connectivity index (χ0) is 19.2. The molecule has 2 amide bonds. The summed E-state index contributed by atoms with van der Waals surface area (Å²) in [5.41, 5.74) is 4.42. The highest BCUT2D eigenvalue weighted by Crippen LogP contribution is 2.19. The van der Waals surface area contributed by atoms with Crippen molar-refractivity contribution in [3.05, 3.63) is 36.0 Å². The van der Waals surface area contributed by atoms with Crippen LogP contribution in [0.1, 0.15) is 38.7 Å². The molecule has 2 aromatic rings. The van der Waals surface area contributed by atoms with Gasteiger partial charge in [0.05, 0.1) is 0 Å². The average molecular weight is 373 g/mol. The lowest BCUT2D eigenvalue weighted by Crippen LogP contribution is -2.50. The van der Waals surface area contributed by atoms with E-state index < -0.39 is 12.3 Å². The number of hydrogen-bond donors (Lipinski definition) is 3. The molecular formula is C20H27N3O4. The van der Waals surface area contributed by atoms with Gasteiger partial charge in [0.1, 0.15) is 6.04 Å². The molecule has 1 aliphatic rings. The molecule has 1 aromatic heterocycles. The molecule has 7 nitrogen and oxygen atoms in total. The predicted octanol–water partition coefficient (Wildman–Crippen LogP) is 2.43. The van der Waals surface area contributed by atoms with E-state index in [1.54, 1.807) is 13.8 Å². The second-order valence-corrected chi connectivity index (χ2v) is 7.16. The molecule has 1 saturated heterocycles. The van der Waals surface area contributed by atoms with Crippen molar-refractivity contribution in [3.63, 3.8) is 0 Å². The Morgan fingerprint density at radius 2 is 2.07 bits per heavy atom. The highest BCUT2D eigenvalue weighted by Gasteiger charge is 2.25. The van der Waals surface area contributed by atoms with Crippen LogP contribution in [0, 0.1) is 5.92 Å². The van der Waals surface area contributed by atoms with Crippen LogP contribution in [0.15, 0.2) is 30.5 Å². The molecule has 2 heterocycles. The fraction of sp³-hybridized carbons (Fsp3) is 0.500. The third-order valence-corrected chi connectivity index (χ3v) is 4.69. The number of carbonyl (C=O) groups is 2. The molecule has 146 valence electrons. The van der Waals surface area contributed by atoms with E-state index in [1.807, 2.05) is 30.5 Å². The number of hydroxylamine groups is 1. The molecule has 0 saturated carbocycles. The van der Waals surface area contributed by atoms with Gasteiger partial charge in [0, 0.05) is 42.5 Å². The fourth-order valence-corrected chi connectivity index (χ4v) is 3.07. The lowest BCUT2D eigenvalue weighted by molar-refractivity contribution is -0.201. The van der Waals surface area contributed by atoms with Gasteiger partial charge >= 0.3 is 0 Å². The monoisotopic (exact) mass is 373 g/mol. The van der Waals surface area contributed by atoms with Crippen molar-refractivity contribution in [2.75, 3.05) is 6.61 Å². The van der Waals surface area contributed by atoms with Crippen LogP contribution in [0.3, 0.4) is 0 Å². The van der Waals surface area contributed by atoms with Crippen LogP contribution >= 0.6 is 0 Å². The van der Waals surface area contributed by atoms with E-state index >= 15 is 0 Å². The molecule has 0 bridgehead atoms. The standard InChI is InChI=1S/C20H27N3O4/c1-13(2)19(24)22-17(20(25)23-27-18-9-5-6-10-26-18)11-14-12-21-16-8-4-3-7-15(14)16/h3-4,7-8,12-13,17-18,21H,5-6,9-11H2,1-2H3,(H,22,24)(H,23,25).